The highest BCUT2D eigenvalue weighted by molar-refractivity contribution is 7.98. The zero-order valence-corrected chi connectivity index (χ0v) is 13.8. The second-order valence-electron chi connectivity index (χ2n) is 4.97. The first-order valence-electron chi connectivity index (χ1n) is 7.31. The van der Waals surface area contributed by atoms with E-state index in [-0.39, 0.29) is 25.0 Å². The summed E-state index contributed by atoms with van der Waals surface area (Å²) in [5, 5.41) is 11.4. The average molecular weight is 325 g/mol. The zero-order chi connectivity index (χ0) is 16.4. The molecule has 0 aromatic heterocycles. The Morgan fingerprint density at radius 3 is 2.86 bits per heavy atom. The van der Waals surface area contributed by atoms with Crippen molar-refractivity contribution in [2.45, 2.75) is 38.5 Å². The van der Waals surface area contributed by atoms with E-state index in [0.717, 1.165) is 23.4 Å². The van der Waals surface area contributed by atoms with Crippen LogP contribution in [0.5, 0.6) is 0 Å². The summed E-state index contributed by atoms with van der Waals surface area (Å²) >= 11 is 1.56. The molecule has 22 heavy (non-hydrogen) atoms. The molecule has 1 unspecified atom stereocenters. The molecule has 1 atom stereocenters. The summed E-state index contributed by atoms with van der Waals surface area (Å²) < 4.78 is 5.39. The summed E-state index contributed by atoms with van der Waals surface area (Å²) in [5.41, 5.74) is 1.78. The molecule has 1 aromatic carbocycles. The van der Waals surface area contributed by atoms with Crippen LogP contribution in [0, 0.1) is 0 Å². The number of hydrogen-bond donors (Lipinski definition) is 2. The Morgan fingerprint density at radius 2 is 2.18 bits per heavy atom. The Bertz CT molecular complexity index is 493. The Morgan fingerprint density at radius 1 is 1.41 bits per heavy atom. The van der Waals surface area contributed by atoms with Crippen molar-refractivity contribution < 1.29 is 19.4 Å². The number of carbonyl (C=O) groups is 2. The maximum Gasteiger partial charge on any atom is 0.304 e. The SMILES string of the molecule is CCC(C)OCC(=O)Nc1cccc(CSCCC(=O)O)c1. The summed E-state index contributed by atoms with van der Waals surface area (Å²) in [6.07, 6.45) is 1.10. The summed E-state index contributed by atoms with van der Waals surface area (Å²) in [4.78, 5) is 22.2. The number of aliphatic carboxylic acids is 1. The lowest BCUT2D eigenvalue weighted by Crippen LogP contribution is -2.21. The van der Waals surface area contributed by atoms with E-state index in [0.29, 0.717) is 5.75 Å². The molecule has 1 amide bonds. The average Bonchev–Trinajstić information content (AvgIpc) is 2.49. The number of ether oxygens (including phenoxy) is 1. The van der Waals surface area contributed by atoms with E-state index in [9.17, 15) is 9.59 Å². The summed E-state index contributed by atoms with van der Waals surface area (Å²) in [6, 6.07) is 7.55. The van der Waals surface area contributed by atoms with Crippen LogP contribution in [-0.2, 0) is 20.1 Å². The molecular weight excluding hydrogens is 302 g/mol. The topological polar surface area (TPSA) is 75.6 Å². The minimum Gasteiger partial charge on any atom is -0.481 e. The smallest absolute Gasteiger partial charge is 0.304 e. The van der Waals surface area contributed by atoms with Gasteiger partial charge >= 0.3 is 5.97 Å². The van der Waals surface area contributed by atoms with Crippen molar-refractivity contribution in [1.82, 2.24) is 0 Å². The highest BCUT2D eigenvalue weighted by atomic mass is 32.2. The number of thioether (sulfide) groups is 1. The van der Waals surface area contributed by atoms with E-state index in [4.69, 9.17) is 9.84 Å². The van der Waals surface area contributed by atoms with Crippen molar-refractivity contribution >= 4 is 29.3 Å². The number of rotatable bonds is 10. The molecule has 0 aliphatic rings. The fourth-order valence-corrected chi connectivity index (χ4v) is 2.50. The number of benzene rings is 1. The normalized spacial score (nSPS) is 11.9. The van der Waals surface area contributed by atoms with Gasteiger partial charge in [0.25, 0.3) is 0 Å². The Balaban J connectivity index is 2.39. The number of carbonyl (C=O) groups excluding carboxylic acids is 1. The molecule has 1 rings (SSSR count). The lowest BCUT2D eigenvalue weighted by Gasteiger charge is -2.11. The van der Waals surface area contributed by atoms with Crippen LogP contribution in [0.15, 0.2) is 24.3 Å². The molecule has 2 N–H and O–H groups in total. The number of carboxylic acids is 1. The molecule has 1 aromatic rings. The molecule has 0 fully saturated rings. The maximum atomic E-state index is 11.8. The van der Waals surface area contributed by atoms with Gasteiger partial charge < -0.3 is 15.2 Å². The fourth-order valence-electron chi connectivity index (χ4n) is 1.62. The van der Waals surface area contributed by atoms with E-state index < -0.39 is 5.97 Å². The molecule has 0 saturated carbocycles. The highest BCUT2D eigenvalue weighted by Crippen LogP contribution is 2.17. The quantitative estimate of drug-likeness (QED) is 0.646. The van der Waals surface area contributed by atoms with Crippen molar-refractivity contribution in [3.8, 4) is 0 Å². The van der Waals surface area contributed by atoms with E-state index in [2.05, 4.69) is 5.32 Å². The van der Waals surface area contributed by atoms with Crippen LogP contribution in [0.25, 0.3) is 0 Å². The molecule has 0 spiro atoms. The third kappa shape index (κ3) is 8.05. The third-order valence-corrected chi connectivity index (χ3v) is 4.04. The van der Waals surface area contributed by atoms with E-state index in [1.165, 1.54) is 0 Å². The van der Waals surface area contributed by atoms with Crippen molar-refractivity contribution in [3.05, 3.63) is 29.8 Å². The molecule has 5 nitrogen and oxygen atoms in total. The van der Waals surface area contributed by atoms with Crippen LogP contribution in [-0.4, -0.2) is 35.4 Å². The zero-order valence-electron chi connectivity index (χ0n) is 13.0. The second-order valence-corrected chi connectivity index (χ2v) is 6.08. The second kappa shape index (κ2) is 10.2. The van der Waals surface area contributed by atoms with Crippen molar-refractivity contribution in [1.29, 1.82) is 0 Å². The number of nitrogens with one attached hydrogen (secondary N) is 1. The molecule has 0 heterocycles. The van der Waals surface area contributed by atoms with Gasteiger partial charge in [0.05, 0.1) is 12.5 Å². The van der Waals surface area contributed by atoms with Crippen LogP contribution in [0.1, 0.15) is 32.3 Å². The van der Waals surface area contributed by atoms with Gasteiger partial charge in [0, 0.05) is 17.2 Å². The first-order chi connectivity index (χ1) is 10.5. The van der Waals surface area contributed by atoms with Gasteiger partial charge in [0.1, 0.15) is 6.61 Å². The lowest BCUT2D eigenvalue weighted by molar-refractivity contribution is -0.136. The van der Waals surface area contributed by atoms with Crippen LogP contribution < -0.4 is 5.32 Å². The van der Waals surface area contributed by atoms with Gasteiger partial charge in [0.2, 0.25) is 5.91 Å². The van der Waals surface area contributed by atoms with E-state index in [1.807, 2.05) is 38.1 Å². The molecule has 122 valence electrons. The Hall–Kier alpha value is -1.53. The number of anilines is 1. The van der Waals surface area contributed by atoms with Crippen molar-refractivity contribution in [2.24, 2.45) is 0 Å². The summed E-state index contributed by atoms with van der Waals surface area (Å²) in [7, 11) is 0. The predicted molar refractivity (Wildman–Crippen MR) is 89.2 cm³/mol. The van der Waals surface area contributed by atoms with Crippen LogP contribution >= 0.6 is 11.8 Å². The monoisotopic (exact) mass is 325 g/mol. The molecule has 0 saturated heterocycles. The van der Waals surface area contributed by atoms with Gasteiger partial charge in [-0.3, -0.25) is 9.59 Å². The predicted octanol–water partition coefficient (Wildman–Crippen LogP) is 3.15. The molecular formula is C16H23NO4S. The van der Waals surface area contributed by atoms with Gasteiger partial charge in [-0.2, -0.15) is 11.8 Å². The lowest BCUT2D eigenvalue weighted by atomic mass is 10.2. The van der Waals surface area contributed by atoms with E-state index in [1.54, 1.807) is 11.8 Å². The molecule has 0 aliphatic heterocycles. The standard InChI is InChI=1S/C16H23NO4S/c1-3-12(2)21-10-15(18)17-14-6-4-5-13(9-14)11-22-8-7-16(19)20/h4-6,9,12H,3,7-8,10-11H2,1-2H3,(H,17,18)(H,19,20). The molecule has 6 heteroatoms. The number of hydrogen-bond acceptors (Lipinski definition) is 4. The van der Waals surface area contributed by atoms with Crippen LogP contribution in [0.2, 0.25) is 0 Å². The van der Waals surface area contributed by atoms with Gasteiger partial charge in [-0.05, 0) is 31.0 Å². The first kappa shape index (κ1) is 18.5. The molecule has 0 aliphatic carbocycles. The minimum atomic E-state index is -0.783. The van der Waals surface area contributed by atoms with Gasteiger partial charge in [-0.15, -0.1) is 0 Å². The Labute approximate surface area is 135 Å². The van der Waals surface area contributed by atoms with Gasteiger partial charge in [-0.25, -0.2) is 0 Å². The minimum absolute atomic E-state index is 0.0482. The third-order valence-electron chi connectivity index (χ3n) is 3.01. The van der Waals surface area contributed by atoms with Crippen molar-refractivity contribution in [2.75, 3.05) is 17.7 Å². The van der Waals surface area contributed by atoms with Gasteiger partial charge in [0.15, 0.2) is 0 Å². The number of carboxylic acid groups (broad SMARTS) is 1. The van der Waals surface area contributed by atoms with Crippen molar-refractivity contribution in [3.63, 3.8) is 0 Å². The van der Waals surface area contributed by atoms with Crippen LogP contribution in [0.4, 0.5) is 5.69 Å². The van der Waals surface area contributed by atoms with Crippen LogP contribution in [0.3, 0.4) is 0 Å². The molecule has 0 radical (unpaired) electrons. The van der Waals surface area contributed by atoms with E-state index >= 15 is 0 Å². The summed E-state index contributed by atoms with van der Waals surface area (Å²) in [5.74, 6) is 0.348. The molecule has 0 bridgehead atoms. The maximum absolute atomic E-state index is 11.8. The van der Waals surface area contributed by atoms with Gasteiger partial charge in [-0.1, -0.05) is 19.1 Å². The Kier molecular flexibility index (Phi) is 8.62. The summed E-state index contributed by atoms with van der Waals surface area (Å²) in [6.45, 7) is 3.99. The number of amides is 1. The first-order valence-corrected chi connectivity index (χ1v) is 8.46. The fraction of sp³-hybridized carbons (Fsp3) is 0.500. The highest BCUT2D eigenvalue weighted by Gasteiger charge is 2.06. The largest absolute Gasteiger partial charge is 0.481 e.